The zero-order valence-corrected chi connectivity index (χ0v) is 11.9. The predicted octanol–water partition coefficient (Wildman–Crippen LogP) is 2.69. The van der Waals surface area contributed by atoms with Crippen molar-refractivity contribution in [2.75, 3.05) is 30.9 Å². The van der Waals surface area contributed by atoms with Gasteiger partial charge >= 0.3 is 0 Å². The average molecular weight is 278 g/mol. The lowest BCUT2D eigenvalue weighted by Gasteiger charge is -2.13. The van der Waals surface area contributed by atoms with Gasteiger partial charge in [0.1, 0.15) is 0 Å². The lowest BCUT2D eigenvalue weighted by molar-refractivity contribution is 0.953. The first kappa shape index (κ1) is 13.5. The van der Waals surface area contributed by atoms with Gasteiger partial charge < -0.3 is 10.2 Å². The summed E-state index contributed by atoms with van der Waals surface area (Å²) < 4.78 is 0. The van der Waals surface area contributed by atoms with Crippen molar-refractivity contribution < 1.29 is 0 Å². The standard InChI is InChI=1S/C13H16ClN5/c1-4-15-12-16-11(17-13(18-12)19(2)3)9-7-5-6-8-10(9)14/h5-8H,4H2,1-3H3,(H,15,16,17,18). The van der Waals surface area contributed by atoms with E-state index in [1.54, 1.807) is 0 Å². The van der Waals surface area contributed by atoms with Crippen molar-refractivity contribution in [3.05, 3.63) is 29.3 Å². The molecule has 1 heterocycles. The molecule has 0 radical (unpaired) electrons. The molecule has 0 saturated carbocycles. The van der Waals surface area contributed by atoms with Gasteiger partial charge in [-0.05, 0) is 19.1 Å². The first-order valence-electron chi connectivity index (χ1n) is 6.04. The maximum absolute atomic E-state index is 6.19. The summed E-state index contributed by atoms with van der Waals surface area (Å²) in [6, 6.07) is 7.51. The highest BCUT2D eigenvalue weighted by Gasteiger charge is 2.11. The lowest BCUT2D eigenvalue weighted by atomic mass is 10.2. The van der Waals surface area contributed by atoms with Crippen LogP contribution in [-0.4, -0.2) is 35.6 Å². The molecule has 0 unspecified atom stereocenters. The molecule has 6 heteroatoms. The molecular weight excluding hydrogens is 262 g/mol. The van der Waals surface area contributed by atoms with E-state index >= 15 is 0 Å². The second-order valence-corrected chi connectivity index (χ2v) is 4.59. The number of hydrogen-bond donors (Lipinski definition) is 1. The van der Waals surface area contributed by atoms with Gasteiger partial charge in [-0.15, -0.1) is 0 Å². The van der Waals surface area contributed by atoms with Crippen molar-refractivity contribution in [1.29, 1.82) is 0 Å². The van der Waals surface area contributed by atoms with Crippen molar-refractivity contribution in [1.82, 2.24) is 15.0 Å². The second-order valence-electron chi connectivity index (χ2n) is 4.19. The molecule has 1 aromatic heterocycles. The van der Waals surface area contributed by atoms with Crippen LogP contribution in [0.15, 0.2) is 24.3 Å². The van der Waals surface area contributed by atoms with Crippen LogP contribution in [0.25, 0.3) is 11.4 Å². The minimum absolute atomic E-state index is 0.552. The van der Waals surface area contributed by atoms with Gasteiger partial charge in [0.05, 0.1) is 5.02 Å². The Balaban J connectivity index is 2.53. The molecule has 0 fully saturated rings. The van der Waals surface area contributed by atoms with Gasteiger partial charge in [0.25, 0.3) is 0 Å². The summed E-state index contributed by atoms with van der Waals surface area (Å²) in [5.74, 6) is 1.72. The fourth-order valence-corrected chi connectivity index (χ4v) is 1.79. The summed E-state index contributed by atoms with van der Waals surface area (Å²) in [6.07, 6.45) is 0. The Morgan fingerprint density at radius 1 is 1.16 bits per heavy atom. The number of rotatable bonds is 4. The maximum Gasteiger partial charge on any atom is 0.230 e. The van der Waals surface area contributed by atoms with Gasteiger partial charge in [-0.3, -0.25) is 0 Å². The third-order valence-corrected chi connectivity index (χ3v) is 2.80. The summed E-state index contributed by atoms with van der Waals surface area (Å²) in [7, 11) is 3.78. The maximum atomic E-state index is 6.19. The van der Waals surface area contributed by atoms with Gasteiger partial charge in [-0.25, -0.2) is 0 Å². The van der Waals surface area contributed by atoms with E-state index in [0.29, 0.717) is 22.7 Å². The Kier molecular flexibility index (Phi) is 4.16. The number of benzene rings is 1. The number of aromatic nitrogens is 3. The van der Waals surface area contributed by atoms with E-state index in [-0.39, 0.29) is 0 Å². The molecule has 0 aliphatic rings. The first-order chi connectivity index (χ1) is 9.11. The summed E-state index contributed by atoms with van der Waals surface area (Å²) in [4.78, 5) is 15.0. The predicted molar refractivity (Wildman–Crippen MR) is 78.8 cm³/mol. The Morgan fingerprint density at radius 3 is 2.53 bits per heavy atom. The normalized spacial score (nSPS) is 10.3. The van der Waals surface area contributed by atoms with Crippen LogP contribution in [0.1, 0.15) is 6.92 Å². The van der Waals surface area contributed by atoms with Crippen molar-refractivity contribution >= 4 is 23.5 Å². The largest absolute Gasteiger partial charge is 0.354 e. The zero-order chi connectivity index (χ0) is 13.8. The van der Waals surface area contributed by atoms with Crippen molar-refractivity contribution in [3.63, 3.8) is 0 Å². The highest BCUT2D eigenvalue weighted by Crippen LogP contribution is 2.26. The summed E-state index contributed by atoms with van der Waals surface area (Å²) in [5.41, 5.74) is 0.800. The summed E-state index contributed by atoms with van der Waals surface area (Å²) in [6.45, 7) is 2.74. The molecule has 100 valence electrons. The molecule has 1 N–H and O–H groups in total. The third kappa shape index (κ3) is 3.12. The van der Waals surface area contributed by atoms with E-state index in [0.717, 1.165) is 12.1 Å². The molecule has 0 aliphatic heterocycles. The molecule has 19 heavy (non-hydrogen) atoms. The third-order valence-electron chi connectivity index (χ3n) is 2.47. The molecule has 2 aromatic rings. The monoisotopic (exact) mass is 277 g/mol. The second kappa shape index (κ2) is 5.84. The van der Waals surface area contributed by atoms with Gasteiger partial charge in [0, 0.05) is 26.2 Å². The van der Waals surface area contributed by atoms with Crippen LogP contribution in [0.5, 0.6) is 0 Å². The minimum Gasteiger partial charge on any atom is -0.354 e. The van der Waals surface area contributed by atoms with Gasteiger partial charge in [0.15, 0.2) is 5.82 Å². The summed E-state index contributed by atoms with van der Waals surface area (Å²) in [5, 5.41) is 3.73. The van der Waals surface area contributed by atoms with Crippen molar-refractivity contribution in [2.24, 2.45) is 0 Å². The molecular formula is C13H16ClN5. The minimum atomic E-state index is 0.552. The van der Waals surface area contributed by atoms with Crippen LogP contribution in [0, 0.1) is 0 Å². The van der Waals surface area contributed by atoms with Gasteiger partial charge in [-0.2, -0.15) is 15.0 Å². The molecule has 0 saturated heterocycles. The highest BCUT2D eigenvalue weighted by atomic mass is 35.5. The molecule has 0 bridgehead atoms. The topological polar surface area (TPSA) is 53.9 Å². The summed E-state index contributed by atoms with van der Waals surface area (Å²) >= 11 is 6.19. The number of hydrogen-bond acceptors (Lipinski definition) is 5. The van der Waals surface area contributed by atoms with Crippen LogP contribution in [0.3, 0.4) is 0 Å². The van der Waals surface area contributed by atoms with Crippen LogP contribution >= 0.6 is 11.6 Å². The fourth-order valence-electron chi connectivity index (χ4n) is 1.56. The smallest absolute Gasteiger partial charge is 0.230 e. The van der Waals surface area contributed by atoms with Crippen LogP contribution < -0.4 is 10.2 Å². The van der Waals surface area contributed by atoms with Crippen LogP contribution in [0.2, 0.25) is 5.02 Å². The van der Waals surface area contributed by atoms with Crippen LogP contribution in [0.4, 0.5) is 11.9 Å². The molecule has 0 spiro atoms. The first-order valence-corrected chi connectivity index (χ1v) is 6.41. The highest BCUT2D eigenvalue weighted by molar-refractivity contribution is 6.33. The Hall–Kier alpha value is -1.88. The molecule has 2 rings (SSSR count). The number of nitrogens with zero attached hydrogens (tertiary/aromatic N) is 4. The Labute approximate surface area is 117 Å². The van der Waals surface area contributed by atoms with Gasteiger partial charge in [0.2, 0.25) is 11.9 Å². The lowest BCUT2D eigenvalue weighted by Crippen LogP contribution is -2.15. The van der Waals surface area contributed by atoms with Gasteiger partial charge in [-0.1, -0.05) is 23.7 Å². The average Bonchev–Trinajstić information content (AvgIpc) is 2.39. The van der Waals surface area contributed by atoms with E-state index < -0.39 is 0 Å². The Morgan fingerprint density at radius 2 is 1.89 bits per heavy atom. The van der Waals surface area contributed by atoms with E-state index in [9.17, 15) is 0 Å². The van der Waals surface area contributed by atoms with Crippen LogP contribution in [-0.2, 0) is 0 Å². The fraction of sp³-hybridized carbons (Fsp3) is 0.308. The SMILES string of the molecule is CCNc1nc(-c2ccccc2Cl)nc(N(C)C)n1. The molecule has 1 aromatic carbocycles. The molecule has 5 nitrogen and oxygen atoms in total. The quantitative estimate of drug-likeness (QED) is 0.931. The van der Waals surface area contributed by atoms with E-state index in [2.05, 4.69) is 20.3 Å². The molecule has 0 atom stereocenters. The number of anilines is 2. The Bertz CT molecular complexity index is 571. The number of halogens is 1. The van der Waals surface area contributed by atoms with Crippen molar-refractivity contribution in [2.45, 2.75) is 6.92 Å². The van der Waals surface area contributed by atoms with E-state index in [4.69, 9.17) is 11.6 Å². The zero-order valence-electron chi connectivity index (χ0n) is 11.2. The van der Waals surface area contributed by atoms with E-state index in [1.807, 2.05) is 50.2 Å². The van der Waals surface area contributed by atoms with E-state index in [1.165, 1.54) is 0 Å². The number of nitrogens with one attached hydrogen (secondary N) is 1. The van der Waals surface area contributed by atoms with Crippen molar-refractivity contribution in [3.8, 4) is 11.4 Å². The molecule has 0 aliphatic carbocycles. The molecule has 0 amide bonds.